The highest BCUT2D eigenvalue weighted by molar-refractivity contribution is 7.99. The van der Waals surface area contributed by atoms with E-state index < -0.39 is 10.0 Å². The molecule has 0 N–H and O–H groups in total. The number of morpholine rings is 1. The summed E-state index contributed by atoms with van der Waals surface area (Å²) in [5.74, 6) is 0.225. The van der Waals surface area contributed by atoms with E-state index in [1.807, 2.05) is 13.8 Å². The summed E-state index contributed by atoms with van der Waals surface area (Å²) in [4.78, 5) is 19.0. The van der Waals surface area contributed by atoms with E-state index in [1.165, 1.54) is 16.1 Å². The highest BCUT2D eigenvalue weighted by Crippen LogP contribution is 2.28. The van der Waals surface area contributed by atoms with Crippen molar-refractivity contribution in [3.8, 4) is 0 Å². The number of piperidine rings is 1. The molecule has 2 saturated heterocycles. The monoisotopic (exact) mass is 453 g/mol. The van der Waals surface area contributed by atoms with Crippen molar-refractivity contribution < 1.29 is 22.4 Å². The van der Waals surface area contributed by atoms with Crippen molar-refractivity contribution in [2.24, 2.45) is 0 Å². The van der Waals surface area contributed by atoms with Gasteiger partial charge in [-0.2, -0.15) is 4.31 Å². The van der Waals surface area contributed by atoms with E-state index in [4.69, 9.17) is 9.15 Å². The Hall–Kier alpha value is -1.62. The molecule has 2 aromatic rings. The van der Waals surface area contributed by atoms with E-state index in [0.29, 0.717) is 42.5 Å². The van der Waals surface area contributed by atoms with E-state index in [0.717, 1.165) is 19.3 Å². The van der Waals surface area contributed by atoms with Gasteiger partial charge in [0.2, 0.25) is 15.9 Å². The van der Waals surface area contributed by atoms with Gasteiger partial charge in [-0.25, -0.2) is 13.4 Å². The number of carbonyl (C=O) groups is 1. The Morgan fingerprint density at radius 3 is 2.57 bits per heavy atom. The maximum atomic E-state index is 12.9. The fourth-order valence-electron chi connectivity index (χ4n) is 3.96. The molecule has 8 nitrogen and oxygen atoms in total. The lowest BCUT2D eigenvalue weighted by atomic mass is 10.2. The summed E-state index contributed by atoms with van der Waals surface area (Å²) in [6, 6.07) is 4.75. The summed E-state index contributed by atoms with van der Waals surface area (Å²) in [6.45, 7) is 6.19. The predicted molar refractivity (Wildman–Crippen MR) is 114 cm³/mol. The zero-order valence-electron chi connectivity index (χ0n) is 17.2. The van der Waals surface area contributed by atoms with Crippen LogP contribution in [0.3, 0.4) is 0 Å². The quantitative estimate of drug-likeness (QED) is 0.643. The number of oxazole rings is 1. The van der Waals surface area contributed by atoms with Crippen molar-refractivity contribution in [1.29, 1.82) is 0 Å². The number of hydrogen-bond donors (Lipinski definition) is 0. The van der Waals surface area contributed by atoms with E-state index in [1.54, 1.807) is 23.1 Å². The Bertz CT molecular complexity index is 1010. The SMILES string of the molecule is CC1CN(C(=O)CSc2nc3cc(S(=O)(=O)N4CCCCC4)ccc3o2)CC(C)O1. The standard InChI is InChI=1S/C20H27N3O5S2/c1-14-11-22(12-15(2)27-14)19(24)13-29-20-21-17-10-16(6-7-18(17)28-20)30(25,26)23-8-4-3-5-9-23/h6-7,10,14-15H,3-5,8-9,11-13H2,1-2H3. The van der Waals surface area contributed by atoms with Gasteiger partial charge < -0.3 is 14.1 Å². The fourth-order valence-corrected chi connectivity index (χ4v) is 6.24. The van der Waals surface area contributed by atoms with Gasteiger partial charge in [0.1, 0.15) is 5.52 Å². The van der Waals surface area contributed by atoms with Crippen molar-refractivity contribution in [2.75, 3.05) is 31.9 Å². The number of ether oxygens (including phenoxy) is 1. The van der Waals surface area contributed by atoms with Crippen molar-refractivity contribution in [2.45, 2.75) is 55.4 Å². The van der Waals surface area contributed by atoms with Gasteiger partial charge in [0.05, 0.1) is 22.9 Å². The molecule has 3 heterocycles. The van der Waals surface area contributed by atoms with Gasteiger partial charge in [0, 0.05) is 26.2 Å². The Morgan fingerprint density at radius 1 is 1.17 bits per heavy atom. The van der Waals surface area contributed by atoms with Crippen molar-refractivity contribution in [1.82, 2.24) is 14.2 Å². The average molecular weight is 454 g/mol. The average Bonchev–Trinajstić information content (AvgIpc) is 3.14. The second kappa shape index (κ2) is 8.86. The molecule has 0 radical (unpaired) electrons. The molecule has 2 atom stereocenters. The summed E-state index contributed by atoms with van der Waals surface area (Å²) in [6.07, 6.45) is 2.89. The molecule has 1 aromatic heterocycles. The molecule has 2 fully saturated rings. The number of sulfonamides is 1. The molecule has 164 valence electrons. The molecule has 1 aromatic carbocycles. The van der Waals surface area contributed by atoms with Crippen LogP contribution in [0.1, 0.15) is 33.1 Å². The molecule has 0 spiro atoms. The number of fused-ring (bicyclic) bond motifs is 1. The van der Waals surface area contributed by atoms with Gasteiger partial charge in [-0.15, -0.1) is 0 Å². The number of benzene rings is 1. The Balaban J connectivity index is 1.44. The molecule has 4 rings (SSSR count). The number of amides is 1. The Labute approximate surface area is 181 Å². The van der Waals surface area contributed by atoms with Crippen molar-refractivity contribution in [3.05, 3.63) is 18.2 Å². The van der Waals surface area contributed by atoms with E-state index in [2.05, 4.69) is 4.98 Å². The highest BCUT2D eigenvalue weighted by atomic mass is 32.2. The lowest BCUT2D eigenvalue weighted by molar-refractivity contribution is -0.140. The Morgan fingerprint density at radius 2 is 1.87 bits per heavy atom. The summed E-state index contributed by atoms with van der Waals surface area (Å²) >= 11 is 1.22. The number of carbonyl (C=O) groups excluding carboxylic acids is 1. The second-order valence-electron chi connectivity index (χ2n) is 7.92. The lowest BCUT2D eigenvalue weighted by Crippen LogP contribution is -2.48. The first-order chi connectivity index (χ1) is 14.3. The lowest BCUT2D eigenvalue weighted by Gasteiger charge is -2.35. The smallest absolute Gasteiger partial charge is 0.257 e. The topological polar surface area (TPSA) is 93.0 Å². The van der Waals surface area contributed by atoms with Gasteiger partial charge in [-0.05, 0) is 44.9 Å². The van der Waals surface area contributed by atoms with Crippen LogP contribution >= 0.6 is 11.8 Å². The third-order valence-electron chi connectivity index (χ3n) is 5.38. The van der Waals surface area contributed by atoms with Gasteiger partial charge >= 0.3 is 0 Å². The minimum atomic E-state index is -3.52. The molecule has 2 unspecified atom stereocenters. The summed E-state index contributed by atoms with van der Waals surface area (Å²) in [5.41, 5.74) is 0.993. The molecular formula is C20H27N3O5S2. The van der Waals surface area contributed by atoms with E-state index in [9.17, 15) is 13.2 Å². The van der Waals surface area contributed by atoms with Gasteiger partial charge in [-0.3, -0.25) is 4.79 Å². The molecule has 0 saturated carbocycles. The summed E-state index contributed by atoms with van der Waals surface area (Å²) in [7, 11) is -3.52. The Kier molecular flexibility index (Phi) is 6.38. The molecule has 0 bridgehead atoms. The molecular weight excluding hydrogens is 426 g/mol. The second-order valence-corrected chi connectivity index (χ2v) is 10.8. The van der Waals surface area contributed by atoms with Crippen molar-refractivity contribution in [3.63, 3.8) is 0 Å². The van der Waals surface area contributed by atoms with Crippen LogP contribution in [0.15, 0.2) is 32.7 Å². The normalized spacial score (nSPS) is 23.7. The molecule has 2 aliphatic heterocycles. The highest BCUT2D eigenvalue weighted by Gasteiger charge is 2.28. The zero-order chi connectivity index (χ0) is 21.3. The molecule has 0 aliphatic carbocycles. The first kappa shape index (κ1) is 21.6. The number of aromatic nitrogens is 1. The summed E-state index contributed by atoms with van der Waals surface area (Å²) < 4.78 is 38.7. The van der Waals surface area contributed by atoms with Gasteiger partial charge in [0.25, 0.3) is 5.22 Å². The maximum Gasteiger partial charge on any atom is 0.257 e. The van der Waals surface area contributed by atoms with Crippen LogP contribution in [0.25, 0.3) is 11.1 Å². The van der Waals surface area contributed by atoms with Crippen LogP contribution in [0.4, 0.5) is 0 Å². The fraction of sp³-hybridized carbons (Fsp3) is 0.600. The first-order valence-corrected chi connectivity index (χ1v) is 12.7. The first-order valence-electron chi connectivity index (χ1n) is 10.3. The van der Waals surface area contributed by atoms with Crippen LogP contribution < -0.4 is 0 Å². The molecule has 10 heteroatoms. The van der Waals surface area contributed by atoms with Crippen LogP contribution in [-0.4, -0.2) is 72.7 Å². The number of thioether (sulfide) groups is 1. The third-order valence-corrected chi connectivity index (χ3v) is 8.09. The largest absolute Gasteiger partial charge is 0.431 e. The van der Waals surface area contributed by atoms with Crippen LogP contribution in [-0.2, 0) is 19.6 Å². The van der Waals surface area contributed by atoms with Crippen LogP contribution in [0.5, 0.6) is 0 Å². The number of rotatable bonds is 5. The van der Waals surface area contributed by atoms with E-state index in [-0.39, 0.29) is 28.8 Å². The number of hydrogen-bond acceptors (Lipinski definition) is 7. The number of nitrogens with zero attached hydrogens (tertiary/aromatic N) is 3. The maximum absolute atomic E-state index is 12.9. The van der Waals surface area contributed by atoms with Crippen molar-refractivity contribution >= 4 is 38.8 Å². The molecule has 1 amide bonds. The summed E-state index contributed by atoms with van der Waals surface area (Å²) in [5, 5.41) is 0.361. The predicted octanol–water partition coefficient (Wildman–Crippen LogP) is 2.73. The zero-order valence-corrected chi connectivity index (χ0v) is 18.9. The van der Waals surface area contributed by atoms with Gasteiger partial charge in [0.15, 0.2) is 5.58 Å². The molecule has 30 heavy (non-hydrogen) atoms. The van der Waals surface area contributed by atoms with Crippen LogP contribution in [0.2, 0.25) is 0 Å². The minimum Gasteiger partial charge on any atom is -0.431 e. The third kappa shape index (κ3) is 4.66. The molecule has 2 aliphatic rings. The van der Waals surface area contributed by atoms with Gasteiger partial charge in [-0.1, -0.05) is 18.2 Å². The minimum absolute atomic E-state index is 0.0117. The van der Waals surface area contributed by atoms with Crippen LogP contribution in [0, 0.1) is 0 Å². The van der Waals surface area contributed by atoms with E-state index >= 15 is 0 Å².